The molecule has 188 valence electrons. The molecule has 0 atom stereocenters. The summed E-state index contributed by atoms with van der Waals surface area (Å²) in [5, 5.41) is 1.01. The van der Waals surface area contributed by atoms with Gasteiger partial charge in [0.1, 0.15) is 0 Å². The molecule has 0 N–H and O–H groups in total. The zero-order chi connectivity index (χ0) is 24.4. The van der Waals surface area contributed by atoms with Gasteiger partial charge in [-0.3, -0.25) is 9.69 Å². The van der Waals surface area contributed by atoms with Crippen molar-refractivity contribution in [3.05, 3.63) is 39.8 Å². The largest absolute Gasteiger partial charge is 0.464 e. The molecule has 3 heterocycles. The fourth-order valence-electron chi connectivity index (χ4n) is 5.10. The first-order chi connectivity index (χ1) is 16.8. The van der Waals surface area contributed by atoms with Crippen LogP contribution in [0, 0.1) is 11.8 Å². The number of ether oxygens (including phenoxy) is 1. The van der Waals surface area contributed by atoms with Crippen LogP contribution in [0.2, 0.25) is 0 Å². The van der Waals surface area contributed by atoms with E-state index in [-0.39, 0.29) is 5.78 Å². The average Bonchev–Trinajstić information content (AvgIpc) is 3.45. The molecule has 2 aliphatic rings. The summed E-state index contributed by atoms with van der Waals surface area (Å²) in [6.45, 7) is 3.00. The van der Waals surface area contributed by atoms with E-state index in [1.54, 1.807) is 0 Å². The molecule has 1 saturated carbocycles. The van der Waals surface area contributed by atoms with Crippen molar-refractivity contribution in [1.82, 2.24) is 14.9 Å². The summed E-state index contributed by atoms with van der Waals surface area (Å²) in [6, 6.07) is 7.93. The number of alkyl halides is 2. The number of nitrogens with zero attached hydrogens (tertiary/aromatic N) is 3. The van der Waals surface area contributed by atoms with Crippen LogP contribution >= 0.6 is 22.7 Å². The second-order valence-corrected chi connectivity index (χ2v) is 12.1. The molecule has 0 spiro atoms. The molecule has 0 unspecified atom stereocenters. The predicted octanol–water partition coefficient (Wildman–Crippen LogP) is 6.61. The maximum Gasteiger partial charge on any atom is 0.278 e. The van der Waals surface area contributed by atoms with Crippen LogP contribution in [-0.4, -0.2) is 46.3 Å². The molecule has 5 rings (SSSR count). The number of thiazole rings is 2. The number of halogens is 2. The van der Waals surface area contributed by atoms with Crippen molar-refractivity contribution in [3.8, 4) is 5.19 Å². The van der Waals surface area contributed by atoms with Crippen molar-refractivity contribution in [2.24, 2.45) is 11.8 Å². The van der Waals surface area contributed by atoms with Crippen LogP contribution in [0.5, 0.6) is 5.19 Å². The van der Waals surface area contributed by atoms with Crippen molar-refractivity contribution in [1.29, 1.82) is 0 Å². The van der Waals surface area contributed by atoms with E-state index in [9.17, 15) is 13.6 Å². The van der Waals surface area contributed by atoms with E-state index in [0.29, 0.717) is 28.5 Å². The highest BCUT2D eigenvalue weighted by Gasteiger charge is 2.27. The first kappa shape index (κ1) is 24.7. The molecule has 3 aromatic rings. The second kappa shape index (κ2) is 10.6. The first-order valence-corrected chi connectivity index (χ1v) is 14.1. The number of carbonyl (C=O) groups excluding carboxylic acids is 1. The minimum Gasteiger partial charge on any atom is -0.464 e. The molecule has 1 aliphatic carbocycles. The Labute approximate surface area is 212 Å². The Kier molecular flexibility index (Phi) is 7.46. The van der Waals surface area contributed by atoms with Gasteiger partial charge in [-0.05, 0) is 56.2 Å². The minimum atomic E-state index is -2.85. The quantitative estimate of drug-likeness (QED) is 0.298. The molecule has 1 aliphatic heterocycles. The van der Waals surface area contributed by atoms with E-state index < -0.39 is 12.5 Å². The van der Waals surface area contributed by atoms with E-state index in [1.165, 1.54) is 35.5 Å². The van der Waals surface area contributed by atoms with Gasteiger partial charge in [0.05, 0.1) is 15.9 Å². The van der Waals surface area contributed by atoms with E-state index in [4.69, 9.17) is 4.74 Å². The van der Waals surface area contributed by atoms with Gasteiger partial charge in [-0.15, -0.1) is 11.3 Å². The normalized spacial score (nSPS) is 21.2. The van der Waals surface area contributed by atoms with Gasteiger partial charge >= 0.3 is 0 Å². The maximum atomic E-state index is 13.1. The molecule has 1 fully saturated rings. The summed E-state index contributed by atoms with van der Waals surface area (Å²) in [4.78, 5) is 25.4. The lowest BCUT2D eigenvalue weighted by molar-refractivity contribution is -0.0230. The molecule has 0 radical (unpaired) electrons. The fraction of sp³-hybridized carbons (Fsp3) is 0.577. The molecule has 35 heavy (non-hydrogen) atoms. The molecule has 9 heteroatoms. The average molecular weight is 520 g/mol. The number of benzene rings is 1. The summed E-state index contributed by atoms with van der Waals surface area (Å²) in [6.07, 6.45) is 7.25. The lowest BCUT2D eigenvalue weighted by Gasteiger charge is -2.31. The third-order valence-corrected chi connectivity index (χ3v) is 9.21. The van der Waals surface area contributed by atoms with E-state index >= 15 is 0 Å². The lowest BCUT2D eigenvalue weighted by atomic mass is 9.78. The number of ketones is 1. The van der Waals surface area contributed by atoms with Crippen LogP contribution in [0.4, 0.5) is 8.78 Å². The van der Waals surface area contributed by atoms with Gasteiger partial charge in [0.2, 0.25) is 0 Å². The number of Topliss-reactive ketones (excluding diaryl/α,β-unsaturated/α-hetero) is 1. The number of para-hydroxylation sites is 1. The van der Waals surface area contributed by atoms with Gasteiger partial charge in [-0.25, -0.2) is 18.7 Å². The van der Waals surface area contributed by atoms with Crippen molar-refractivity contribution in [2.45, 2.75) is 64.3 Å². The van der Waals surface area contributed by atoms with E-state index in [1.807, 2.05) is 24.3 Å². The van der Waals surface area contributed by atoms with Crippen molar-refractivity contribution in [2.75, 3.05) is 19.7 Å². The van der Waals surface area contributed by atoms with Crippen LogP contribution < -0.4 is 4.74 Å². The molecular weight excluding hydrogens is 488 g/mol. The summed E-state index contributed by atoms with van der Waals surface area (Å²) in [7, 11) is 0. The molecule has 2 aromatic heterocycles. The van der Waals surface area contributed by atoms with Crippen LogP contribution in [0.1, 0.15) is 65.8 Å². The van der Waals surface area contributed by atoms with Gasteiger partial charge in [0.25, 0.3) is 11.1 Å². The smallest absolute Gasteiger partial charge is 0.278 e. The monoisotopic (exact) mass is 519 g/mol. The van der Waals surface area contributed by atoms with Gasteiger partial charge in [0, 0.05) is 31.3 Å². The van der Waals surface area contributed by atoms with Crippen molar-refractivity contribution >= 4 is 38.7 Å². The van der Waals surface area contributed by atoms with Crippen LogP contribution in [0.3, 0.4) is 0 Å². The number of carbonyl (C=O) groups is 1. The summed E-state index contributed by atoms with van der Waals surface area (Å²) in [5.74, 6) is -1.49. The lowest BCUT2D eigenvalue weighted by Crippen LogP contribution is -2.32. The topological polar surface area (TPSA) is 55.3 Å². The van der Waals surface area contributed by atoms with Gasteiger partial charge in [-0.1, -0.05) is 36.3 Å². The number of hydrogen-bond acceptors (Lipinski definition) is 7. The SMILES string of the molecule is CC(F)(F)COc1nc2c(s1)CCN(CCC1CCC(CC(=O)c3nc4ccccc4s3)CC1)C2. The van der Waals surface area contributed by atoms with Crippen LogP contribution in [-0.2, 0) is 13.0 Å². The van der Waals surface area contributed by atoms with Gasteiger partial charge < -0.3 is 4.74 Å². The maximum absolute atomic E-state index is 13.1. The van der Waals surface area contributed by atoms with Crippen molar-refractivity contribution in [3.63, 3.8) is 0 Å². The first-order valence-electron chi connectivity index (χ1n) is 12.4. The van der Waals surface area contributed by atoms with Gasteiger partial charge in [0.15, 0.2) is 17.4 Å². The van der Waals surface area contributed by atoms with Crippen molar-refractivity contribution < 1.29 is 18.3 Å². The molecule has 5 nitrogen and oxygen atoms in total. The standard InChI is InChI=1S/C26H31F2N3O2S2/c1-26(27,28)16-33-25-30-20-15-31(13-11-23(20)35-25)12-10-17-6-8-18(9-7-17)14-21(32)24-29-19-4-2-3-5-22(19)34-24/h2-5,17-18H,6-16H2,1H3. The Morgan fingerprint density at radius 2 is 1.91 bits per heavy atom. The predicted molar refractivity (Wildman–Crippen MR) is 136 cm³/mol. The fourth-order valence-corrected chi connectivity index (χ4v) is 6.92. The second-order valence-electron chi connectivity index (χ2n) is 10.0. The summed E-state index contributed by atoms with van der Waals surface area (Å²) < 4.78 is 32.4. The highest BCUT2D eigenvalue weighted by Crippen LogP contribution is 2.35. The number of rotatable bonds is 9. The highest BCUT2D eigenvalue weighted by atomic mass is 32.1. The molecule has 0 saturated heterocycles. The Balaban J connectivity index is 1.04. The molecule has 0 amide bonds. The zero-order valence-electron chi connectivity index (χ0n) is 20.0. The third kappa shape index (κ3) is 6.43. The Bertz CT molecular complexity index is 1130. The highest BCUT2D eigenvalue weighted by molar-refractivity contribution is 7.20. The minimum absolute atomic E-state index is 0.188. The molecule has 1 aromatic carbocycles. The Morgan fingerprint density at radius 3 is 2.69 bits per heavy atom. The third-order valence-electron chi connectivity index (χ3n) is 7.06. The van der Waals surface area contributed by atoms with Crippen LogP contribution in [0.25, 0.3) is 10.2 Å². The Hall–Kier alpha value is -1.97. The Morgan fingerprint density at radius 1 is 1.14 bits per heavy atom. The molecular formula is C26H31F2N3O2S2. The van der Waals surface area contributed by atoms with E-state index in [0.717, 1.165) is 73.0 Å². The van der Waals surface area contributed by atoms with E-state index in [2.05, 4.69) is 14.9 Å². The van der Waals surface area contributed by atoms with Crippen LogP contribution in [0.15, 0.2) is 24.3 Å². The number of aromatic nitrogens is 2. The number of fused-ring (bicyclic) bond motifs is 2. The van der Waals surface area contributed by atoms with Gasteiger partial charge in [-0.2, -0.15) is 0 Å². The zero-order valence-corrected chi connectivity index (χ0v) is 21.6. The summed E-state index contributed by atoms with van der Waals surface area (Å²) >= 11 is 2.91. The summed E-state index contributed by atoms with van der Waals surface area (Å²) in [5.41, 5.74) is 1.89. The molecule has 0 bridgehead atoms. The number of hydrogen-bond donors (Lipinski definition) is 0.